The molecule has 0 bridgehead atoms. The van der Waals surface area contributed by atoms with E-state index in [0.29, 0.717) is 23.1 Å². The van der Waals surface area contributed by atoms with E-state index >= 15 is 0 Å². The van der Waals surface area contributed by atoms with Gasteiger partial charge < -0.3 is 15.2 Å². The van der Waals surface area contributed by atoms with E-state index in [9.17, 15) is 14.7 Å². The van der Waals surface area contributed by atoms with Crippen molar-refractivity contribution >= 4 is 23.4 Å². The Kier molecular flexibility index (Phi) is 7.13. The van der Waals surface area contributed by atoms with Gasteiger partial charge in [0, 0.05) is 12.2 Å². The second-order valence-electron chi connectivity index (χ2n) is 6.58. The van der Waals surface area contributed by atoms with Crippen LogP contribution < -0.4 is 15.6 Å². The number of aromatic nitrogens is 2. The van der Waals surface area contributed by atoms with Crippen molar-refractivity contribution in [2.75, 3.05) is 5.32 Å². The number of amides is 1. The fourth-order valence-electron chi connectivity index (χ4n) is 2.68. The van der Waals surface area contributed by atoms with Gasteiger partial charge in [-0.25, -0.2) is 0 Å². The first kappa shape index (κ1) is 21.4. The number of hydrogen-bond acceptors (Lipinski definition) is 6. The van der Waals surface area contributed by atoms with Gasteiger partial charge in [0.2, 0.25) is 11.8 Å². The highest BCUT2D eigenvalue weighted by Crippen LogP contribution is 2.25. The van der Waals surface area contributed by atoms with Crippen LogP contribution in [-0.2, 0) is 11.3 Å². The van der Waals surface area contributed by atoms with Crippen molar-refractivity contribution in [3.63, 3.8) is 0 Å². The zero-order valence-corrected chi connectivity index (χ0v) is 17.6. The molecule has 1 amide bonds. The number of benzene rings is 2. The molecular formula is C22H23N3O4S. The Morgan fingerprint density at radius 1 is 1.17 bits per heavy atom. The van der Waals surface area contributed by atoms with Crippen LogP contribution in [0.4, 0.5) is 5.69 Å². The van der Waals surface area contributed by atoms with Crippen LogP contribution in [0.1, 0.15) is 20.3 Å². The van der Waals surface area contributed by atoms with Gasteiger partial charge in [0.1, 0.15) is 11.5 Å². The molecule has 7 nitrogen and oxygen atoms in total. The molecule has 1 aromatic heterocycles. The van der Waals surface area contributed by atoms with Crippen molar-refractivity contribution in [2.24, 2.45) is 0 Å². The molecule has 1 heterocycles. The van der Waals surface area contributed by atoms with Crippen LogP contribution in [-0.4, -0.2) is 25.8 Å². The van der Waals surface area contributed by atoms with Crippen LogP contribution in [0.15, 0.2) is 70.6 Å². The molecule has 0 aliphatic carbocycles. The summed E-state index contributed by atoms with van der Waals surface area (Å²) in [6.45, 7) is 4.13. The summed E-state index contributed by atoms with van der Waals surface area (Å²) >= 11 is 1.13. The predicted octanol–water partition coefficient (Wildman–Crippen LogP) is 4.27. The zero-order chi connectivity index (χ0) is 21.5. The SMILES string of the molecule is CCCn1c(SC(C)C(=O)Nc2ccc(Oc3ccccc3)cc2)nc(O)cc1=O. The average molecular weight is 426 g/mol. The molecule has 0 aliphatic heterocycles. The Labute approximate surface area is 178 Å². The van der Waals surface area contributed by atoms with Crippen LogP contribution in [0, 0.1) is 0 Å². The number of para-hydroxylation sites is 1. The summed E-state index contributed by atoms with van der Waals surface area (Å²) < 4.78 is 7.20. The standard InChI is InChI=1S/C22H23N3O4S/c1-3-13-25-20(27)14-19(26)24-22(25)30-15(2)21(28)23-16-9-11-18(12-10-16)29-17-7-5-4-6-8-17/h4-12,14-15,26H,3,13H2,1-2H3,(H,23,28). The lowest BCUT2D eigenvalue weighted by Gasteiger charge is -2.15. The normalized spacial score (nSPS) is 11.7. The summed E-state index contributed by atoms with van der Waals surface area (Å²) in [7, 11) is 0. The Morgan fingerprint density at radius 2 is 1.83 bits per heavy atom. The Morgan fingerprint density at radius 3 is 2.50 bits per heavy atom. The van der Waals surface area contributed by atoms with E-state index in [1.165, 1.54) is 4.57 Å². The van der Waals surface area contributed by atoms with E-state index in [0.717, 1.165) is 30.0 Å². The predicted molar refractivity (Wildman–Crippen MR) is 117 cm³/mol. The third-order valence-electron chi connectivity index (χ3n) is 4.16. The number of carbonyl (C=O) groups excluding carboxylic acids is 1. The summed E-state index contributed by atoms with van der Waals surface area (Å²) in [6.07, 6.45) is 0.734. The number of nitrogens with zero attached hydrogens (tertiary/aromatic N) is 2. The minimum Gasteiger partial charge on any atom is -0.493 e. The quantitative estimate of drug-likeness (QED) is 0.414. The highest BCUT2D eigenvalue weighted by Gasteiger charge is 2.19. The molecule has 0 saturated heterocycles. The van der Waals surface area contributed by atoms with Crippen LogP contribution in [0.25, 0.3) is 0 Å². The van der Waals surface area contributed by atoms with Crippen molar-refractivity contribution in [3.8, 4) is 17.4 Å². The van der Waals surface area contributed by atoms with E-state index in [1.807, 2.05) is 37.3 Å². The molecule has 2 N–H and O–H groups in total. The van der Waals surface area contributed by atoms with Gasteiger partial charge in [-0.15, -0.1) is 0 Å². The van der Waals surface area contributed by atoms with Crippen molar-refractivity contribution < 1.29 is 14.6 Å². The minimum absolute atomic E-state index is 0.239. The Balaban J connectivity index is 1.64. The van der Waals surface area contributed by atoms with Gasteiger partial charge in [-0.1, -0.05) is 36.9 Å². The molecule has 2 aromatic carbocycles. The van der Waals surface area contributed by atoms with Crippen molar-refractivity contribution in [1.29, 1.82) is 0 Å². The van der Waals surface area contributed by atoms with Crippen LogP contribution in [0.3, 0.4) is 0 Å². The molecule has 0 aliphatic rings. The van der Waals surface area contributed by atoms with E-state index in [2.05, 4.69) is 10.3 Å². The largest absolute Gasteiger partial charge is 0.493 e. The lowest BCUT2D eigenvalue weighted by atomic mass is 10.3. The third kappa shape index (κ3) is 5.64. The smallest absolute Gasteiger partial charge is 0.257 e. The molecule has 3 rings (SSSR count). The highest BCUT2D eigenvalue weighted by atomic mass is 32.2. The molecule has 156 valence electrons. The number of aromatic hydroxyl groups is 1. The first-order chi connectivity index (χ1) is 14.5. The minimum atomic E-state index is -0.526. The van der Waals surface area contributed by atoms with Gasteiger partial charge in [0.25, 0.3) is 5.56 Å². The van der Waals surface area contributed by atoms with Gasteiger partial charge in [-0.05, 0) is 49.7 Å². The lowest BCUT2D eigenvalue weighted by Crippen LogP contribution is -2.26. The fraction of sp³-hybridized carbons (Fsp3) is 0.227. The number of carbonyl (C=O) groups is 1. The monoisotopic (exact) mass is 425 g/mol. The molecule has 30 heavy (non-hydrogen) atoms. The maximum atomic E-state index is 12.6. The highest BCUT2D eigenvalue weighted by molar-refractivity contribution is 8.00. The second kappa shape index (κ2) is 9.98. The molecule has 3 aromatic rings. The van der Waals surface area contributed by atoms with Gasteiger partial charge in [-0.3, -0.25) is 14.2 Å². The zero-order valence-electron chi connectivity index (χ0n) is 16.7. The molecule has 0 saturated carbocycles. The number of thioether (sulfide) groups is 1. The van der Waals surface area contributed by atoms with Crippen LogP contribution in [0.5, 0.6) is 17.4 Å². The summed E-state index contributed by atoms with van der Waals surface area (Å²) in [4.78, 5) is 28.7. The van der Waals surface area contributed by atoms with Gasteiger partial charge in [0.05, 0.1) is 11.3 Å². The summed E-state index contributed by atoms with van der Waals surface area (Å²) in [6, 6.07) is 17.6. The number of rotatable bonds is 8. The van der Waals surface area contributed by atoms with Crippen LogP contribution in [0.2, 0.25) is 0 Å². The molecular weight excluding hydrogens is 402 g/mol. The summed E-state index contributed by atoms with van der Waals surface area (Å²) in [5, 5.41) is 12.3. The molecule has 1 unspecified atom stereocenters. The van der Waals surface area contributed by atoms with Gasteiger partial charge in [-0.2, -0.15) is 4.98 Å². The number of ether oxygens (including phenoxy) is 1. The van der Waals surface area contributed by atoms with E-state index in [1.54, 1.807) is 31.2 Å². The summed E-state index contributed by atoms with van der Waals surface area (Å²) in [5.41, 5.74) is 0.288. The number of nitrogens with one attached hydrogen (secondary N) is 1. The van der Waals surface area contributed by atoms with E-state index < -0.39 is 5.25 Å². The summed E-state index contributed by atoms with van der Waals surface area (Å²) in [5.74, 6) is 0.805. The maximum Gasteiger partial charge on any atom is 0.257 e. The number of anilines is 1. The van der Waals surface area contributed by atoms with Crippen LogP contribution >= 0.6 is 11.8 Å². The maximum absolute atomic E-state index is 12.6. The molecule has 8 heteroatoms. The number of hydrogen-bond donors (Lipinski definition) is 2. The Bertz CT molecular complexity index is 1050. The first-order valence-electron chi connectivity index (χ1n) is 9.57. The van der Waals surface area contributed by atoms with Crippen molar-refractivity contribution in [3.05, 3.63) is 71.0 Å². The average Bonchev–Trinajstić information content (AvgIpc) is 2.72. The van der Waals surface area contributed by atoms with E-state index in [4.69, 9.17) is 4.74 Å². The van der Waals surface area contributed by atoms with E-state index in [-0.39, 0.29) is 17.3 Å². The fourth-order valence-corrected chi connectivity index (χ4v) is 3.62. The molecule has 0 spiro atoms. The topological polar surface area (TPSA) is 93.5 Å². The van der Waals surface area contributed by atoms with Gasteiger partial charge >= 0.3 is 0 Å². The lowest BCUT2D eigenvalue weighted by molar-refractivity contribution is -0.115. The van der Waals surface area contributed by atoms with Gasteiger partial charge in [0.15, 0.2) is 5.16 Å². The second-order valence-corrected chi connectivity index (χ2v) is 7.88. The molecule has 0 radical (unpaired) electrons. The van der Waals surface area contributed by atoms with Crippen molar-refractivity contribution in [1.82, 2.24) is 9.55 Å². The van der Waals surface area contributed by atoms with Crippen molar-refractivity contribution in [2.45, 2.75) is 37.2 Å². The molecule has 0 fully saturated rings. The Hall–Kier alpha value is -3.26. The first-order valence-corrected chi connectivity index (χ1v) is 10.5. The third-order valence-corrected chi connectivity index (χ3v) is 5.25. The molecule has 1 atom stereocenters.